The Balaban J connectivity index is 2.52. The lowest BCUT2D eigenvalue weighted by atomic mass is 10.1. The van der Waals surface area contributed by atoms with Crippen molar-refractivity contribution in [3.05, 3.63) is 35.9 Å². The van der Waals surface area contributed by atoms with Crippen LogP contribution in [0.4, 0.5) is 0 Å². The zero-order valence-electron chi connectivity index (χ0n) is 10.8. The van der Waals surface area contributed by atoms with Crippen molar-refractivity contribution in [3.63, 3.8) is 0 Å². The third-order valence-electron chi connectivity index (χ3n) is 3.00. The van der Waals surface area contributed by atoms with Gasteiger partial charge in [-0.25, -0.2) is 4.79 Å². The molecule has 18 heavy (non-hydrogen) atoms. The second-order valence-corrected chi connectivity index (χ2v) is 4.25. The Hall–Kier alpha value is -1.84. The van der Waals surface area contributed by atoms with E-state index in [-0.39, 0.29) is 5.91 Å². The number of rotatable bonds is 6. The van der Waals surface area contributed by atoms with Crippen LogP contribution in [0.15, 0.2) is 30.3 Å². The zero-order valence-corrected chi connectivity index (χ0v) is 10.8. The van der Waals surface area contributed by atoms with E-state index in [4.69, 9.17) is 5.11 Å². The van der Waals surface area contributed by atoms with Gasteiger partial charge in [0.2, 0.25) is 5.91 Å². The third kappa shape index (κ3) is 3.87. The number of nitrogens with zero attached hydrogens (tertiary/aromatic N) is 1. The highest BCUT2D eigenvalue weighted by Gasteiger charge is 2.24. The summed E-state index contributed by atoms with van der Waals surface area (Å²) in [6.45, 7) is 1.76. The molecule has 0 fully saturated rings. The molecule has 0 spiro atoms. The van der Waals surface area contributed by atoms with Gasteiger partial charge in [0.05, 0.1) is 0 Å². The minimum Gasteiger partial charge on any atom is -0.480 e. The summed E-state index contributed by atoms with van der Waals surface area (Å²) in [4.78, 5) is 24.2. The molecule has 1 unspecified atom stereocenters. The Labute approximate surface area is 107 Å². The number of aliphatic carboxylic acids is 1. The van der Waals surface area contributed by atoms with Crippen LogP contribution in [0.25, 0.3) is 0 Å². The number of carbonyl (C=O) groups excluding carboxylic acids is 1. The summed E-state index contributed by atoms with van der Waals surface area (Å²) in [5, 5.41) is 8.98. The molecule has 0 radical (unpaired) electrons. The highest BCUT2D eigenvalue weighted by molar-refractivity contribution is 5.83. The molecular weight excluding hydrogens is 230 g/mol. The smallest absolute Gasteiger partial charge is 0.326 e. The van der Waals surface area contributed by atoms with Gasteiger partial charge in [0.15, 0.2) is 0 Å². The number of likely N-dealkylation sites (N-methyl/N-ethyl adjacent to an activating group) is 1. The molecule has 0 bridgehead atoms. The summed E-state index contributed by atoms with van der Waals surface area (Å²) in [6, 6.07) is 8.97. The lowest BCUT2D eigenvalue weighted by Crippen LogP contribution is -2.42. The fourth-order valence-corrected chi connectivity index (χ4v) is 1.86. The van der Waals surface area contributed by atoms with Crippen LogP contribution in [0.1, 0.15) is 25.3 Å². The summed E-state index contributed by atoms with van der Waals surface area (Å²) >= 11 is 0. The van der Waals surface area contributed by atoms with Gasteiger partial charge in [-0.1, -0.05) is 37.3 Å². The first-order valence-corrected chi connectivity index (χ1v) is 6.08. The first-order valence-electron chi connectivity index (χ1n) is 6.08. The van der Waals surface area contributed by atoms with Gasteiger partial charge in [0, 0.05) is 13.5 Å². The average Bonchev–Trinajstić information content (AvgIpc) is 2.37. The quantitative estimate of drug-likeness (QED) is 0.838. The van der Waals surface area contributed by atoms with E-state index in [1.807, 2.05) is 30.3 Å². The normalized spacial score (nSPS) is 11.9. The van der Waals surface area contributed by atoms with E-state index in [1.165, 1.54) is 4.90 Å². The van der Waals surface area contributed by atoms with Crippen LogP contribution in [0, 0.1) is 0 Å². The molecule has 1 N–H and O–H groups in total. The van der Waals surface area contributed by atoms with Gasteiger partial charge in [-0.15, -0.1) is 0 Å². The summed E-state index contributed by atoms with van der Waals surface area (Å²) in [5.74, 6) is -1.08. The monoisotopic (exact) mass is 249 g/mol. The van der Waals surface area contributed by atoms with Gasteiger partial charge in [-0.3, -0.25) is 4.79 Å². The Morgan fingerprint density at radius 2 is 1.89 bits per heavy atom. The molecule has 1 aromatic rings. The molecule has 1 aromatic carbocycles. The predicted molar refractivity (Wildman–Crippen MR) is 69.2 cm³/mol. The van der Waals surface area contributed by atoms with Gasteiger partial charge in [-0.2, -0.15) is 0 Å². The largest absolute Gasteiger partial charge is 0.480 e. The molecule has 4 heteroatoms. The lowest BCUT2D eigenvalue weighted by molar-refractivity contribution is -0.149. The SMILES string of the molecule is CCC(C(=O)O)N(C)C(=O)CCc1ccccc1. The maximum absolute atomic E-state index is 11.9. The molecular formula is C14H19NO3. The summed E-state index contributed by atoms with van der Waals surface area (Å²) < 4.78 is 0. The first-order chi connectivity index (χ1) is 8.56. The summed E-state index contributed by atoms with van der Waals surface area (Å²) in [6.07, 6.45) is 1.40. The van der Waals surface area contributed by atoms with Crippen molar-refractivity contribution in [1.29, 1.82) is 0 Å². The van der Waals surface area contributed by atoms with E-state index in [9.17, 15) is 9.59 Å². The average molecular weight is 249 g/mol. The van der Waals surface area contributed by atoms with Crippen LogP contribution in [-0.4, -0.2) is 35.0 Å². The topological polar surface area (TPSA) is 57.6 Å². The van der Waals surface area contributed by atoms with Gasteiger partial charge in [0.25, 0.3) is 0 Å². The Bertz CT molecular complexity index is 403. The standard InChI is InChI=1S/C14H19NO3/c1-3-12(14(17)18)15(2)13(16)10-9-11-7-5-4-6-8-11/h4-8,12H,3,9-10H2,1-2H3,(H,17,18). The van der Waals surface area contributed by atoms with Crippen LogP contribution in [0.2, 0.25) is 0 Å². The van der Waals surface area contributed by atoms with Crippen molar-refractivity contribution in [2.45, 2.75) is 32.2 Å². The first kappa shape index (κ1) is 14.2. The molecule has 1 rings (SSSR count). The Morgan fingerprint density at radius 3 is 2.39 bits per heavy atom. The van der Waals surface area contributed by atoms with Crippen molar-refractivity contribution < 1.29 is 14.7 Å². The van der Waals surface area contributed by atoms with Gasteiger partial charge < -0.3 is 10.0 Å². The van der Waals surface area contributed by atoms with Gasteiger partial charge >= 0.3 is 5.97 Å². The highest BCUT2D eigenvalue weighted by Crippen LogP contribution is 2.08. The van der Waals surface area contributed by atoms with Crippen LogP contribution >= 0.6 is 0 Å². The number of carboxylic acids is 1. The molecule has 0 aliphatic carbocycles. The minimum atomic E-state index is -0.951. The van der Waals surface area contributed by atoms with Crippen molar-refractivity contribution in [3.8, 4) is 0 Å². The second kappa shape index (κ2) is 6.79. The van der Waals surface area contributed by atoms with E-state index >= 15 is 0 Å². The fourth-order valence-electron chi connectivity index (χ4n) is 1.86. The minimum absolute atomic E-state index is 0.131. The Kier molecular flexibility index (Phi) is 5.36. The molecule has 0 saturated heterocycles. The highest BCUT2D eigenvalue weighted by atomic mass is 16.4. The summed E-state index contributed by atoms with van der Waals surface area (Å²) in [5.41, 5.74) is 1.09. The third-order valence-corrected chi connectivity index (χ3v) is 3.00. The van der Waals surface area contributed by atoms with Gasteiger partial charge in [0.1, 0.15) is 6.04 Å². The van der Waals surface area contributed by atoms with E-state index < -0.39 is 12.0 Å². The number of aryl methyl sites for hydroxylation is 1. The molecule has 0 saturated carbocycles. The van der Waals surface area contributed by atoms with Crippen molar-refractivity contribution in [2.24, 2.45) is 0 Å². The molecule has 0 heterocycles. The maximum Gasteiger partial charge on any atom is 0.326 e. The number of hydrogen-bond acceptors (Lipinski definition) is 2. The van der Waals surface area contributed by atoms with E-state index in [0.717, 1.165) is 5.56 Å². The number of carboxylic acid groups (broad SMARTS) is 1. The van der Waals surface area contributed by atoms with Crippen molar-refractivity contribution in [2.75, 3.05) is 7.05 Å². The molecule has 0 aliphatic rings. The zero-order chi connectivity index (χ0) is 13.5. The van der Waals surface area contributed by atoms with E-state index in [2.05, 4.69) is 0 Å². The number of amides is 1. The van der Waals surface area contributed by atoms with Crippen molar-refractivity contribution in [1.82, 2.24) is 4.90 Å². The lowest BCUT2D eigenvalue weighted by Gasteiger charge is -2.23. The number of carbonyl (C=O) groups is 2. The van der Waals surface area contributed by atoms with Crippen LogP contribution in [-0.2, 0) is 16.0 Å². The summed E-state index contributed by atoms with van der Waals surface area (Å²) in [7, 11) is 1.55. The molecule has 1 atom stereocenters. The molecule has 0 aliphatic heterocycles. The second-order valence-electron chi connectivity index (χ2n) is 4.25. The maximum atomic E-state index is 11.9. The van der Waals surface area contributed by atoms with E-state index in [1.54, 1.807) is 14.0 Å². The van der Waals surface area contributed by atoms with Crippen molar-refractivity contribution >= 4 is 11.9 Å². The van der Waals surface area contributed by atoms with Crippen LogP contribution in [0.5, 0.6) is 0 Å². The Morgan fingerprint density at radius 1 is 1.28 bits per heavy atom. The number of hydrogen-bond donors (Lipinski definition) is 1. The molecule has 1 amide bonds. The van der Waals surface area contributed by atoms with Crippen LogP contribution < -0.4 is 0 Å². The van der Waals surface area contributed by atoms with Crippen LogP contribution in [0.3, 0.4) is 0 Å². The molecule has 0 aromatic heterocycles. The molecule has 98 valence electrons. The number of benzene rings is 1. The predicted octanol–water partition coefficient (Wildman–Crippen LogP) is 1.94. The van der Waals surface area contributed by atoms with E-state index in [0.29, 0.717) is 19.3 Å². The fraction of sp³-hybridized carbons (Fsp3) is 0.429. The molecule has 4 nitrogen and oxygen atoms in total. The van der Waals surface area contributed by atoms with Gasteiger partial charge in [-0.05, 0) is 18.4 Å².